The molecule has 0 saturated heterocycles. The van der Waals surface area contributed by atoms with Gasteiger partial charge in [0.1, 0.15) is 24.5 Å². The van der Waals surface area contributed by atoms with E-state index in [1.54, 1.807) is 7.11 Å². The van der Waals surface area contributed by atoms with Crippen molar-refractivity contribution in [1.82, 2.24) is 9.97 Å². The fourth-order valence-electron chi connectivity index (χ4n) is 1.68. The van der Waals surface area contributed by atoms with E-state index in [9.17, 15) is 0 Å². The molecule has 5 nitrogen and oxygen atoms in total. The van der Waals surface area contributed by atoms with E-state index in [4.69, 9.17) is 9.47 Å². The molecule has 1 N–H and O–H groups in total. The van der Waals surface area contributed by atoms with Crippen molar-refractivity contribution in [3.8, 4) is 17.0 Å². The maximum atomic E-state index is 5.70. The number of nitrogens with zero attached hydrogens (tertiary/aromatic N) is 2. The van der Waals surface area contributed by atoms with E-state index in [0.717, 1.165) is 22.8 Å². The Kier molecular flexibility index (Phi) is 4.69. The Morgan fingerprint density at radius 2 is 2.00 bits per heavy atom. The molecule has 0 spiro atoms. The van der Waals surface area contributed by atoms with Crippen LogP contribution in [-0.2, 0) is 4.74 Å². The maximum Gasteiger partial charge on any atom is 0.129 e. The summed E-state index contributed by atoms with van der Waals surface area (Å²) >= 11 is 0. The zero-order chi connectivity index (χ0) is 13.5. The number of rotatable bonds is 6. The monoisotopic (exact) mass is 259 g/mol. The fourth-order valence-corrected chi connectivity index (χ4v) is 1.68. The normalized spacial score (nSPS) is 10.2. The quantitative estimate of drug-likeness (QED) is 0.806. The van der Waals surface area contributed by atoms with Crippen LogP contribution >= 0.6 is 0 Å². The number of ether oxygens (including phenoxy) is 2. The molecule has 2 aromatic rings. The van der Waals surface area contributed by atoms with Crippen LogP contribution in [0.1, 0.15) is 0 Å². The fraction of sp³-hybridized carbons (Fsp3) is 0.286. The first-order valence-corrected chi connectivity index (χ1v) is 6.06. The summed E-state index contributed by atoms with van der Waals surface area (Å²) in [4.78, 5) is 8.39. The molecular formula is C14H17N3O2. The van der Waals surface area contributed by atoms with Crippen molar-refractivity contribution in [1.29, 1.82) is 0 Å². The van der Waals surface area contributed by atoms with E-state index in [1.807, 2.05) is 37.4 Å². The van der Waals surface area contributed by atoms with Gasteiger partial charge in [0, 0.05) is 25.8 Å². The highest BCUT2D eigenvalue weighted by atomic mass is 16.5. The van der Waals surface area contributed by atoms with Crippen LogP contribution in [0, 0.1) is 0 Å². The molecule has 0 atom stereocenters. The second kappa shape index (κ2) is 6.70. The number of hydrogen-bond donors (Lipinski definition) is 1. The van der Waals surface area contributed by atoms with E-state index >= 15 is 0 Å². The lowest BCUT2D eigenvalue weighted by molar-refractivity contribution is 0.146. The van der Waals surface area contributed by atoms with Gasteiger partial charge in [-0.1, -0.05) is 12.1 Å². The first-order chi connectivity index (χ1) is 9.35. The molecular weight excluding hydrogens is 242 g/mol. The Labute approximate surface area is 112 Å². The summed E-state index contributed by atoms with van der Waals surface area (Å²) in [5.74, 6) is 1.57. The largest absolute Gasteiger partial charge is 0.490 e. The van der Waals surface area contributed by atoms with Crippen molar-refractivity contribution in [2.45, 2.75) is 0 Å². The van der Waals surface area contributed by atoms with Crippen molar-refractivity contribution in [2.24, 2.45) is 0 Å². The van der Waals surface area contributed by atoms with Gasteiger partial charge in [-0.2, -0.15) is 0 Å². The predicted octanol–water partition coefficient (Wildman–Crippen LogP) is 2.21. The Morgan fingerprint density at radius 1 is 1.16 bits per heavy atom. The predicted molar refractivity (Wildman–Crippen MR) is 74.4 cm³/mol. The molecule has 0 unspecified atom stereocenters. The minimum Gasteiger partial charge on any atom is -0.490 e. The molecule has 0 fully saturated rings. The van der Waals surface area contributed by atoms with Crippen LogP contribution in [0.3, 0.4) is 0 Å². The average molecular weight is 259 g/mol. The maximum absolute atomic E-state index is 5.70. The van der Waals surface area contributed by atoms with E-state index in [0.29, 0.717) is 13.2 Å². The number of anilines is 1. The van der Waals surface area contributed by atoms with Crippen LogP contribution in [0.2, 0.25) is 0 Å². The van der Waals surface area contributed by atoms with Crippen molar-refractivity contribution < 1.29 is 9.47 Å². The minimum absolute atomic E-state index is 0.511. The highest BCUT2D eigenvalue weighted by Crippen LogP contribution is 2.28. The molecule has 5 heteroatoms. The SMILES string of the molecule is CNc1cc(-c2ccccc2OCCOC)ncn1. The molecule has 0 radical (unpaired) electrons. The Bertz CT molecular complexity index is 532. The van der Waals surface area contributed by atoms with Gasteiger partial charge in [0.05, 0.1) is 12.3 Å². The van der Waals surface area contributed by atoms with E-state index < -0.39 is 0 Å². The number of para-hydroxylation sites is 1. The van der Waals surface area contributed by atoms with Crippen molar-refractivity contribution in [3.63, 3.8) is 0 Å². The van der Waals surface area contributed by atoms with Crippen molar-refractivity contribution >= 4 is 5.82 Å². The summed E-state index contributed by atoms with van der Waals surface area (Å²) in [6.45, 7) is 1.07. The third kappa shape index (κ3) is 3.42. The number of benzene rings is 1. The lowest BCUT2D eigenvalue weighted by Gasteiger charge is -2.11. The Hall–Kier alpha value is -2.14. The van der Waals surface area contributed by atoms with Crippen LogP contribution in [0.25, 0.3) is 11.3 Å². The second-order valence-electron chi connectivity index (χ2n) is 3.88. The first-order valence-electron chi connectivity index (χ1n) is 6.06. The average Bonchev–Trinajstić information content (AvgIpc) is 2.48. The van der Waals surface area contributed by atoms with Crippen LogP contribution in [0.15, 0.2) is 36.7 Å². The smallest absolute Gasteiger partial charge is 0.129 e. The Morgan fingerprint density at radius 3 is 2.79 bits per heavy atom. The highest BCUT2D eigenvalue weighted by molar-refractivity contribution is 5.68. The zero-order valence-electron chi connectivity index (χ0n) is 11.1. The molecule has 0 aliphatic heterocycles. The van der Waals surface area contributed by atoms with Crippen LogP contribution in [0.4, 0.5) is 5.82 Å². The number of nitrogens with one attached hydrogen (secondary N) is 1. The lowest BCUT2D eigenvalue weighted by Crippen LogP contribution is -2.05. The summed E-state index contributed by atoms with van der Waals surface area (Å²) < 4.78 is 10.7. The standard InChI is InChI=1S/C14H17N3O2/c1-15-14-9-12(16-10-17-14)11-5-3-4-6-13(11)19-8-7-18-2/h3-6,9-10H,7-8H2,1-2H3,(H,15,16,17). The van der Waals surface area contributed by atoms with Gasteiger partial charge < -0.3 is 14.8 Å². The first kappa shape index (κ1) is 13.3. The van der Waals surface area contributed by atoms with E-state index in [1.165, 1.54) is 6.33 Å². The van der Waals surface area contributed by atoms with Gasteiger partial charge in [-0.25, -0.2) is 9.97 Å². The van der Waals surface area contributed by atoms with E-state index in [2.05, 4.69) is 15.3 Å². The summed E-state index contributed by atoms with van der Waals surface area (Å²) in [5, 5.41) is 3.00. The second-order valence-corrected chi connectivity index (χ2v) is 3.88. The van der Waals surface area contributed by atoms with Gasteiger partial charge in [0.15, 0.2) is 0 Å². The molecule has 0 aliphatic carbocycles. The molecule has 2 rings (SSSR count). The Balaban J connectivity index is 2.27. The molecule has 0 bridgehead atoms. The van der Waals surface area contributed by atoms with Crippen LogP contribution < -0.4 is 10.1 Å². The summed E-state index contributed by atoms with van der Waals surface area (Å²) in [7, 11) is 3.48. The van der Waals surface area contributed by atoms with Gasteiger partial charge in [0.2, 0.25) is 0 Å². The molecule has 0 saturated carbocycles. The highest BCUT2D eigenvalue weighted by Gasteiger charge is 2.07. The molecule has 1 aromatic carbocycles. The summed E-state index contributed by atoms with van der Waals surface area (Å²) in [6.07, 6.45) is 1.53. The topological polar surface area (TPSA) is 56.3 Å². The number of methoxy groups -OCH3 is 1. The van der Waals surface area contributed by atoms with Crippen molar-refractivity contribution in [2.75, 3.05) is 32.7 Å². The molecule has 100 valence electrons. The number of aromatic nitrogens is 2. The summed E-state index contributed by atoms with van der Waals surface area (Å²) in [6, 6.07) is 9.68. The molecule has 0 aliphatic rings. The van der Waals surface area contributed by atoms with Crippen LogP contribution in [-0.4, -0.2) is 37.3 Å². The summed E-state index contributed by atoms with van der Waals surface area (Å²) in [5.41, 5.74) is 1.77. The molecule has 1 heterocycles. The van der Waals surface area contributed by atoms with Crippen molar-refractivity contribution in [3.05, 3.63) is 36.7 Å². The van der Waals surface area contributed by atoms with Gasteiger partial charge in [-0.15, -0.1) is 0 Å². The zero-order valence-corrected chi connectivity index (χ0v) is 11.1. The molecule has 0 amide bonds. The van der Waals surface area contributed by atoms with Gasteiger partial charge in [-0.05, 0) is 12.1 Å². The van der Waals surface area contributed by atoms with Gasteiger partial charge in [0.25, 0.3) is 0 Å². The third-order valence-electron chi connectivity index (χ3n) is 2.63. The molecule has 19 heavy (non-hydrogen) atoms. The molecule has 1 aromatic heterocycles. The van der Waals surface area contributed by atoms with Gasteiger partial charge in [-0.3, -0.25) is 0 Å². The van der Waals surface area contributed by atoms with Crippen LogP contribution in [0.5, 0.6) is 5.75 Å². The van der Waals surface area contributed by atoms with E-state index in [-0.39, 0.29) is 0 Å². The number of hydrogen-bond acceptors (Lipinski definition) is 5. The van der Waals surface area contributed by atoms with Gasteiger partial charge >= 0.3 is 0 Å². The third-order valence-corrected chi connectivity index (χ3v) is 2.63. The minimum atomic E-state index is 0.511. The lowest BCUT2D eigenvalue weighted by atomic mass is 10.1.